The van der Waals surface area contributed by atoms with Gasteiger partial charge in [-0.3, -0.25) is 0 Å². The Morgan fingerprint density at radius 2 is 0.609 bits per heavy atom. The third-order valence-electron chi connectivity index (χ3n) is 15.2. The average Bonchev–Trinajstić information content (AvgIpc) is 3.25. The fourth-order valence-electron chi connectivity index (χ4n) is 11.3. The third-order valence-corrected chi connectivity index (χ3v) is 15.2. The molecule has 0 spiro atoms. The Morgan fingerprint density at radius 1 is 0.362 bits per heavy atom. The maximum absolute atomic E-state index is 15.5. The monoisotopic (exact) mass is 969 g/mol. The molecule has 0 saturated heterocycles. The Hall–Kier alpha value is -2.90. The second-order valence-electron chi connectivity index (χ2n) is 24.1. The molecular weight excluding hydrogens is 861 g/mol. The molecule has 0 saturated carbocycles. The Balaban J connectivity index is 4.52. The normalized spacial score (nSPS) is 13.6. The Labute approximate surface area is 424 Å². The number of hydrogen-bond donors (Lipinski definition) is 3. The minimum Gasteiger partial charge on any atom is -0.478 e. The van der Waals surface area contributed by atoms with Crippen LogP contribution in [0, 0.1) is 46.8 Å². The summed E-state index contributed by atoms with van der Waals surface area (Å²) in [5.41, 5.74) is -3.56. The molecule has 8 heteroatoms. The van der Waals surface area contributed by atoms with Crippen LogP contribution in [-0.2, 0) is 4.74 Å². The van der Waals surface area contributed by atoms with Crippen LogP contribution >= 0.6 is 0 Å². The number of hydrogen-bond acceptors (Lipinski definition) is 5. The van der Waals surface area contributed by atoms with Crippen LogP contribution in [0.5, 0.6) is 0 Å². The molecule has 0 fully saturated rings. The van der Waals surface area contributed by atoms with E-state index in [1.54, 1.807) is 0 Å². The summed E-state index contributed by atoms with van der Waals surface area (Å²) in [7, 11) is 0. The summed E-state index contributed by atoms with van der Waals surface area (Å²) in [6.45, 7) is 27.5. The SMILES string of the molecule is CC(C)CCCCCCC(CCCCCC(C)C)(OC(=O)c1cc(C(=O)O)c(C(=O)O)cc1C(=O)O)C(CCCCCC(C)C)(CCCCCC(C)C)C(CCCCCC(C)C)CCCCC(C)C. The van der Waals surface area contributed by atoms with E-state index in [-0.39, 0.29) is 11.5 Å². The first-order valence-corrected chi connectivity index (χ1v) is 28.7. The van der Waals surface area contributed by atoms with Gasteiger partial charge >= 0.3 is 23.9 Å². The summed E-state index contributed by atoms with van der Waals surface area (Å²) in [6.07, 6.45) is 31.5. The molecule has 0 heterocycles. The lowest BCUT2D eigenvalue weighted by molar-refractivity contribution is -0.151. The van der Waals surface area contributed by atoms with E-state index in [9.17, 15) is 29.7 Å². The van der Waals surface area contributed by atoms with E-state index in [0.717, 1.165) is 160 Å². The largest absolute Gasteiger partial charge is 0.478 e. The first-order chi connectivity index (χ1) is 32.6. The summed E-state index contributed by atoms with van der Waals surface area (Å²) < 4.78 is 7.42. The van der Waals surface area contributed by atoms with Crippen LogP contribution in [0.1, 0.15) is 317 Å². The number of rotatable bonds is 43. The molecule has 0 radical (unpaired) electrons. The Morgan fingerprint density at radius 3 is 0.957 bits per heavy atom. The number of carbonyl (C=O) groups is 4. The minimum atomic E-state index is -1.56. The summed E-state index contributed by atoms with van der Waals surface area (Å²) >= 11 is 0. The van der Waals surface area contributed by atoms with E-state index < -0.39 is 51.6 Å². The first-order valence-electron chi connectivity index (χ1n) is 28.7. The van der Waals surface area contributed by atoms with E-state index in [1.165, 1.54) is 32.1 Å². The van der Waals surface area contributed by atoms with Crippen LogP contribution in [0.25, 0.3) is 0 Å². The molecule has 1 aromatic rings. The molecule has 0 aliphatic rings. The molecule has 2 unspecified atom stereocenters. The molecule has 8 nitrogen and oxygen atoms in total. The highest BCUT2D eigenvalue weighted by atomic mass is 16.6. The number of benzene rings is 1. The van der Waals surface area contributed by atoms with Gasteiger partial charge in [0.15, 0.2) is 0 Å². The zero-order valence-corrected chi connectivity index (χ0v) is 46.8. The number of ether oxygens (including phenoxy) is 1. The highest BCUT2D eigenvalue weighted by Crippen LogP contribution is 2.57. The summed E-state index contributed by atoms with van der Waals surface area (Å²) in [6, 6.07) is 1.81. The maximum Gasteiger partial charge on any atom is 0.339 e. The van der Waals surface area contributed by atoms with Gasteiger partial charge in [0, 0.05) is 5.41 Å². The van der Waals surface area contributed by atoms with Crippen molar-refractivity contribution in [2.24, 2.45) is 46.8 Å². The zero-order chi connectivity index (χ0) is 52.0. The number of unbranched alkanes of at least 4 members (excludes halogenated alkanes) is 12. The van der Waals surface area contributed by atoms with Gasteiger partial charge in [-0.25, -0.2) is 19.2 Å². The average molecular weight is 970 g/mol. The van der Waals surface area contributed by atoms with Crippen molar-refractivity contribution in [1.82, 2.24) is 0 Å². The van der Waals surface area contributed by atoms with E-state index >= 15 is 4.79 Å². The van der Waals surface area contributed by atoms with Gasteiger partial charge in [0.2, 0.25) is 0 Å². The number of carboxylic acid groups (broad SMARTS) is 3. The molecule has 69 heavy (non-hydrogen) atoms. The highest BCUT2D eigenvalue weighted by molar-refractivity contribution is 6.09. The second-order valence-corrected chi connectivity index (χ2v) is 24.1. The van der Waals surface area contributed by atoms with Gasteiger partial charge in [-0.2, -0.15) is 0 Å². The molecular formula is C61H108O8. The standard InChI is InChI=1S/C61H108O8/c1-45(2)31-19-13-14-29-41-61(42-30-18-23-35-49(9)10,69-59(68)55-44-53(57(64)65)52(56(62)63)43-54(55)58(66)67)60(39-27-16-21-33-47(5)6,40-28-17-22-34-48(7)8)51(38-26-25-36-50(11)12)37-24-15-20-32-46(3)4/h43-51H,13-42H2,1-12H3,(H,62,63)(H,64,65)(H,66,67). The zero-order valence-electron chi connectivity index (χ0n) is 46.8. The van der Waals surface area contributed by atoms with Crippen LogP contribution in [0.2, 0.25) is 0 Å². The molecule has 0 amide bonds. The molecule has 1 aromatic carbocycles. The van der Waals surface area contributed by atoms with Crippen LogP contribution in [0.15, 0.2) is 12.1 Å². The molecule has 0 aliphatic heterocycles. The minimum absolute atomic E-state index is 0.270. The van der Waals surface area contributed by atoms with Crippen molar-refractivity contribution in [3.63, 3.8) is 0 Å². The van der Waals surface area contributed by atoms with Crippen molar-refractivity contribution in [1.29, 1.82) is 0 Å². The van der Waals surface area contributed by atoms with Gasteiger partial charge in [0.1, 0.15) is 5.60 Å². The lowest BCUT2D eigenvalue weighted by atomic mass is 9.54. The third kappa shape index (κ3) is 25.4. The van der Waals surface area contributed by atoms with Crippen molar-refractivity contribution in [2.45, 2.75) is 281 Å². The van der Waals surface area contributed by atoms with Crippen LogP contribution in [0.4, 0.5) is 0 Å². The van der Waals surface area contributed by atoms with E-state index in [1.807, 2.05) is 0 Å². The lowest BCUT2D eigenvalue weighted by Crippen LogP contribution is -2.56. The van der Waals surface area contributed by atoms with Crippen molar-refractivity contribution >= 4 is 23.9 Å². The molecule has 0 aliphatic carbocycles. The summed E-state index contributed by atoms with van der Waals surface area (Å²) in [4.78, 5) is 53.5. The van der Waals surface area contributed by atoms with Gasteiger partial charge < -0.3 is 20.1 Å². The Bertz CT molecular complexity index is 1550. The molecule has 0 bridgehead atoms. The predicted molar refractivity (Wildman–Crippen MR) is 289 cm³/mol. The van der Waals surface area contributed by atoms with E-state index in [0.29, 0.717) is 48.3 Å². The van der Waals surface area contributed by atoms with E-state index in [4.69, 9.17) is 4.74 Å². The molecule has 0 aromatic heterocycles. The first kappa shape index (κ1) is 64.1. The summed E-state index contributed by atoms with van der Waals surface area (Å²) in [5, 5.41) is 30.9. The predicted octanol–water partition coefficient (Wildman–Crippen LogP) is 18.9. The maximum atomic E-state index is 15.5. The Kier molecular flexibility index (Phi) is 32.8. The lowest BCUT2D eigenvalue weighted by Gasteiger charge is -2.55. The fraction of sp³-hybridized carbons (Fsp3) is 0.836. The smallest absolute Gasteiger partial charge is 0.339 e. The van der Waals surface area contributed by atoms with Crippen molar-refractivity contribution in [2.75, 3.05) is 0 Å². The molecule has 400 valence electrons. The molecule has 3 N–H and O–H groups in total. The van der Waals surface area contributed by atoms with Crippen molar-refractivity contribution in [3.8, 4) is 0 Å². The highest BCUT2D eigenvalue weighted by Gasteiger charge is 2.56. The van der Waals surface area contributed by atoms with Crippen LogP contribution < -0.4 is 0 Å². The fourth-order valence-corrected chi connectivity index (χ4v) is 11.3. The number of aromatic carboxylic acids is 3. The van der Waals surface area contributed by atoms with Gasteiger partial charge in [-0.15, -0.1) is 0 Å². The van der Waals surface area contributed by atoms with Gasteiger partial charge in [0.25, 0.3) is 0 Å². The van der Waals surface area contributed by atoms with Gasteiger partial charge in [0.05, 0.1) is 22.3 Å². The van der Waals surface area contributed by atoms with Crippen molar-refractivity contribution in [3.05, 3.63) is 34.4 Å². The quantitative estimate of drug-likeness (QED) is 0.0434. The topological polar surface area (TPSA) is 138 Å². The van der Waals surface area contributed by atoms with Crippen LogP contribution in [0.3, 0.4) is 0 Å². The van der Waals surface area contributed by atoms with Gasteiger partial charge in [-0.1, -0.05) is 224 Å². The number of carboxylic acids is 3. The molecule has 1 rings (SSSR count). The van der Waals surface area contributed by atoms with Gasteiger partial charge in [-0.05, 0) is 105 Å². The second kappa shape index (κ2) is 35.3. The van der Waals surface area contributed by atoms with Crippen molar-refractivity contribution < 1.29 is 39.2 Å². The number of carbonyl (C=O) groups excluding carboxylic acids is 1. The van der Waals surface area contributed by atoms with Crippen LogP contribution in [-0.4, -0.2) is 44.8 Å². The molecule has 2 atom stereocenters. The summed E-state index contributed by atoms with van der Waals surface area (Å²) in [5.74, 6) is -1.47. The van der Waals surface area contributed by atoms with E-state index in [2.05, 4.69) is 83.1 Å². The number of esters is 1.